The van der Waals surface area contributed by atoms with Gasteiger partial charge in [-0.05, 0) is 46.5 Å². The van der Waals surface area contributed by atoms with Crippen LogP contribution in [0.3, 0.4) is 0 Å². The van der Waals surface area contributed by atoms with Gasteiger partial charge in [-0.25, -0.2) is 19.3 Å². The van der Waals surface area contributed by atoms with Crippen molar-refractivity contribution in [3.8, 4) is 5.75 Å². The fourth-order valence-corrected chi connectivity index (χ4v) is 8.58. The number of amides is 4. The van der Waals surface area contributed by atoms with Crippen molar-refractivity contribution in [2.45, 2.75) is 54.0 Å². The summed E-state index contributed by atoms with van der Waals surface area (Å²) in [6.45, 7) is 0. The Kier molecular flexibility index (Phi) is 9.71. The Bertz CT molecular complexity index is 1910. The number of primary amides is 1. The van der Waals surface area contributed by atoms with Crippen LogP contribution in [0.1, 0.15) is 37.3 Å². The first-order valence-corrected chi connectivity index (χ1v) is 17.3. The van der Waals surface area contributed by atoms with Crippen molar-refractivity contribution in [3.63, 3.8) is 0 Å². The van der Waals surface area contributed by atoms with E-state index in [1.165, 1.54) is 47.8 Å². The van der Waals surface area contributed by atoms with Gasteiger partial charge in [-0.1, -0.05) is 36.7 Å². The number of anilines is 2. The number of carboxylic acids is 1. The molecular formula is C29H33N11O8S2. The van der Waals surface area contributed by atoms with Crippen molar-refractivity contribution >= 4 is 59.0 Å². The Labute approximate surface area is 292 Å². The van der Waals surface area contributed by atoms with Crippen molar-refractivity contribution in [3.05, 3.63) is 57.6 Å². The zero-order chi connectivity index (χ0) is 35.7. The first-order chi connectivity index (χ1) is 23.9. The molecular weight excluding hydrogens is 695 g/mol. The van der Waals surface area contributed by atoms with Gasteiger partial charge in [-0.3, -0.25) is 29.2 Å². The molecule has 2 fully saturated rings. The number of rotatable bonds is 12. The number of phenolic OH excluding ortho intramolecular Hbond substituents is 1. The number of ether oxygens (including phenoxy) is 1. The van der Waals surface area contributed by atoms with Crippen molar-refractivity contribution < 1.29 is 34.1 Å². The third-order valence-corrected chi connectivity index (χ3v) is 11.1. The number of aromatic amines is 1. The lowest BCUT2D eigenvalue weighted by Crippen LogP contribution is -2.81. The average Bonchev–Trinajstić information content (AvgIpc) is 3.76. The number of carbonyl (C=O) groups excluding carboxylic acids is 3. The molecule has 1 saturated carbocycles. The molecule has 7 N–H and O–H groups in total. The van der Waals surface area contributed by atoms with Crippen molar-refractivity contribution in [2.75, 3.05) is 28.8 Å². The fourth-order valence-electron chi connectivity index (χ4n) is 6.16. The Morgan fingerprint density at radius 2 is 1.96 bits per heavy atom. The van der Waals surface area contributed by atoms with Crippen molar-refractivity contribution in [2.24, 2.45) is 12.8 Å². The van der Waals surface area contributed by atoms with Gasteiger partial charge in [-0.2, -0.15) is 0 Å². The Morgan fingerprint density at radius 1 is 1.24 bits per heavy atom. The molecule has 0 bridgehead atoms. The average molecular weight is 728 g/mol. The number of hydrogen-bond donors (Lipinski definition) is 6. The van der Waals surface area contributed by atoms with Gasteiger partial charge >= 0.3 is 12.0 Å². The molecule has 2 aromatic heterocycles. The number of aliphatic carboxylic acids is 1. The minimum atomic E-state index is -2.06. The van der Waals surface area contributed by atoms with Gasteiger partial charge in [0.25, 0.3) is 23.1 Å². The number of methoxy groups -OCH3 is 1. The van der Waals surface area contributed by atoms with Crippen LogP contribution in [-0.4, -0.2) is 105 Å². The second kappa shape index (κ2) is 14.0. The quantitative estimate of drug-likeness (QED) is 0.0842. The first kappa shape index (κ1) is 34.7. The highest BCUT2D eigenvalue weighted by Gasteiger charge is 2.67. The molecule has 1 aliphatic carbocycles. The molecule has 1 aromatic carbocycles. The van der Waals surface area contributed by atoms with Crippen LogP contribution in [-0.2, 0) is 26.2 Å². The van der Waals surface area contributed by atoms with Gasteiger partial charge in [0, 0.05) is 31.7 Å². The predicted octanol–water partition coefficient (Wildman–Crippen LogP) is 0.485. The molecule has 6 rings (SSSR count). The molecule has 0 radical (unpaired) electrons. The Hall–Kier alpha value is -5.15. The number of hydrogen-bond acceptors (Lipinski definition) is 14. The number of tetrazole rings is 1. The predicted molar refractivity (Wildman–Crippen MR) is 179 cm³/mol. The number of benzene rings is 1. The SMILES string of the molecule is CO[C@@]1(NC(=O)C(c2ccc(O)cc2)N(C(N)=O)c2cnc(NC3CCCC3)[nH]c2=O)C(=O)N2C(C(=O)O)=C(CSc3nnnn3C)CS[C@@H]21. The number of carboxylic acid groups (broad SMARTS) is 1. The number of aromatic hydroxyl groups is 1. The molecule has 3 aromatic rings. The number of carbonyl (C=O) groups is 4. The van der Waals surface area contributed by atoms with E-state index in [4.69, 9.17) is 10.5 Å². The molecule has 4 amide bonds. The maximum atomic E-state index is 14.3. The maximum absolute atomic E-state index is 14.3. The first-order valence-electron chi connectivity index (χ1n) is 15.3. The van der Waals surface area contributed by atoms with Crippen LogP contribution in [0.2, 0.25) is 0 Å². The highest BCUT2D eigenvalue weighted by molar-refractivity contribution is 8.01. The van der Waals surface area contributed by atoms with Crippen LogP contribution in [0.15, 0.2) is 51.7 Å². The summed E-state index contributed by atoms with van der Waals surface area (Å²) in [5.74, 6) is -2.86. The minimum absolute atomic E-state index is 0.113. The zero-order valence-electron chi connectivity index (χ0n) is 26.7. The molecule has 3 atom stereocenters. The molecule has 0 spiro atoms. The molecule has 1 saturated heterocycles. The lowest BCUT2D eigenvalue weighted by molar-refractivity contribution is -0.192. The van der Waals surface area contributed by atoms with Gasteiger partial charge in [0.05, 0.1) is 6.20 Å². The molecule has 19 nitrogen and oxygen atoms in total. The molecule has 1 unspecified atom stereocenters. The lowest BCUT2D eigenvalue weighted by atomic mass is 9.96. The molecule has 21 heteroatoms. The number of fused-ring (bicyclic) bond motifs is 1. The summed E-state index contributed by atoms with van der Waals surface area (Å²) in [5, 5.41) is 36.5. The fraction of sp³-hybridized carbons (Fsp3) is 0.414. The summed E-state index contributed by atoms with van der Waals surface area (Å²) >= 11 is 2.35. The second-order valence-electron chi connectivity index (χ2n) is 11.7. The summed E-state index contributed by atoms with van der Waals surface area (Å²) in [6.07, 6.45) is 5.00. The van der Waals surface area contributed by atoms with E-state index in [2.05, 4.69) is 36.1 Å². The third kappa shape index (κ3) is 6.33. The number of nitrogens with zero attached hydrogens (tertiary/aromatic N) is 7. The number of thioether (sulfide) groups is 2. The highest BCUT2D eigenvalue weighted by atomic mass is 32.2. The van der Waals surface area contributed by atoms with Crippen LogP contribution in [0.5, 0.6) is 5.75 Å². The number of H-pyrrole nitrogens is 1. The number of aryl methyl sites for hydroxylation is 1. The van der Waals surface area contributed by atoms with Crippen molar-refractivity contribution in [1.82, 2.24) is 40.4 Å². The summed E-state index contributed by atoms with van der Waals surface area (Å²) in [6, 6.07) is 2.48. The van der Waals surface area contributed by atoms with E-state index in [-0.39, 0.29) is 46.2 Å². The van der Waals surface area contributed by atoms with Gasteiger partial charge in [0.1, 0.15) is 28.5 Å². The zero-order valence-corrected chi connectivity index (χ0v) is 28.4. The minimum Gasteiger partial charge on any atom is -0.508 e. The number of urea groups is 1. The number of nitrogens with two attached hydrogens (primary N) is 1. The number of β-lactam (4-membered cyclic amide) rings is 1. The van der Waals surface area contributed by atoms with Gasteiger partial charge in [-0.15, -0.1) is 16.9 Å². The van der Waals surface area contributed by atoms with E-state index >= 15 is 0 Å². The molecule has 4 heterocycles. The highest BCUT2D eigenvalue weighted by Crippen LogP contribution is 2.47. The molecule has 2 aliphatic heterocycles. The molecule has 3 aliphatic rings. The summed E-state index contributed by atoms with van der Waals surface area (Å²) in [4.78, 5) is 75.7. The number of nitrogens with one attached hydrogen (secondary N) is 3. The second-order valence-corrected chi connectivity index (χ2v) is 13.7. The van der Waals surface area contributed by atoms with E-state index in [0.717, 1.165) is 53.4 Å². The van der Waals surface area contributed by atoms with Crippen LogP contribution >= 0.6 is 23.5 Å². The summed E-state index contributed by atoms with van der Waals surface area (Å²) < 4.78 is 7.05. The van der Waals surface area contributed by atoms with E-state index in [0.29, 0.717) is 10.7 Å². The maximum Gasteiger partial charge on any atom is 0.352 e. The summed E-state index contributed by atoms with van der Waals surface area (Å²) in [5.41, 5.74) is 2.87. The number of aromatic nitrogens is 6. The standard InChI is InChI=1S/C29H33N11O8S2/c1-38-28(35-36-37-38)50-13-15-12-49-25-29(48-2,24(46)40(25)20(15)23(44)45)34-22(43)19(14-7-9-17(41)10-8-14)39(26(30)47)18-11-31-27(33-21(18)42)32-16-5-3-4-6-16/h7-11,16,19,25,41H,3-6,12-13H2,1-2H3,(H2,30,47)(H,34,43)(H,44,45)(H2,31,32,33,42)/t19?,25-,29+/m1/s1. The number of phenols is 1. The van der Waals surface area contributed by atoms with E-state index in [1.807, 2.05) is 0 Å². The Balaban J connectivity index is 1.31. The topological polar surface area (TPSA) is 264 Å². The van der Waals surface area contributed by atoms with Crippen LogP contribution in [0.4, 0.5) is 16.4 Å². The normalized spacial score (nSPS) is 21.0. The van der Waals surface area contributed by atoms with E-state index < -0.39 is 46.5 Å². The van der Waals surface area contributed by atoms with E-state index in [1.54, 1.807) is 7.05 Å². The van der Waals surface area contributed by atoms with E-state index in [9.17, 15) is 34.2 Å². The molecule has 50 heavy (non-hydrogen) atoms. The largest absolute Gasteiger partial charge is 0.508 e. The van der Waals surface area contributed by atoms with Crippen LogP contribution in [0, 0.1) is 0 Å². The van der Waals surface area contributed by atoms with Gasteiger partial charge in [0.2, 0.25) is 11.1 Å². The Morgan fingerprint density at radius 3 is 2.56 bits per heavy atom. The van der Waals surface area contributed by atoms with Gasteiger partial charge < -0.3 is 31.3 Å². The van der Waals surface area contributed by atoms with Crippen LogP contribution < -0.4 is 26.8 Å². The lowest BCUT2D eigenvalue weighted by Gasteiger charge is -2.56. The van der Waals surface area contributed by atoms with Gasteiger partial charge in [0.15, 0.2) is 0 Å². The smallest absolute Gasteiger partial charge is 0.352 e. The third-order valence-electron chi connectivity index (χ3n) is 8.59. The summed E-state index contributed by atoms with van der Waals surface area (Å²) in [7, 11) is 2.81. The monoisotopic (exact) mass is 727 g/mol. The van der Waals surface area contributed by atoms with Crippen LogP contribution in [0.25, 0.3) is 0 Å². The molecule has 264 valence electrons. The van der Waals surface area contributed by atoms with Crippen molar-refractivity contribution in [1.29, 1.82) is 0 Å².